The second-order valence-electron chi connectivity index (χ2n) is 6.21. The third kappa shape index (κ3) is 3.88. The maximum absolute atomic E-state index is 6.22. The molecular weight excluding hydrogens is 334 g/mol. The van der Waals surface area contributed by atoms with Crippen LogP contribution in [0.25, 0.3) is 11.3 Å². The van der Waals surface area contributed by atoms with Crippen LogP contribution in [-0.4, -0.2) is 21.0 Å². The molecule has 1 aromatic carbocycles. The second-order valence-corrected chi connectivity index (χ2v) is 6.62. The summed E-state index contributed by atoms with van der Waals surface area (Å²) in [5, 5.41) is 7.41. The van der Waals surface area contributed by atoms with Gasteiger partial charge >= 0.3 is 0 Å². The average Bonchev–Trinajstić information content (AvgIpc) is 3.43. The van der Waals surface area contributed by atoms with Gasteiger partial charge in [0, 0.05) is 40.8 Å². The van der Waals surface area contributed by atoms with E-state index >= 15 is 0 Å². The first-order valence-electron chi connectivity index (χ1n) is 8.26. The first kappa shape index (κ1) is 15.8. The van der Waals surface area contributed by atoms with Gasteiger partial charge in [-0.25, -0.2) is 4.98 Å². The van der Waals surface area contributed by atoms with Crippen molar-refractivity contribution in [2.45, 2.75) is 25.8 Å². The van der Waals surface area contributed by atoms with Gasteiger partial charge in [0.1, 0.15) is 5.82 Å². The molecule has 0 aliphatic heterocycles. The van der Waals surface area contributed by atoms with Gasteiger partial charge < -0.3 is 10.6 Å². The van der Waals surface area contributed by atoms with Crippen molar-refractivity contribution < 1.29 is 0 Å². The molecule has 5 nitrogen and oxygen atoms in total. The number of nitrogens with zero attached hydrogens (tertiary/aromatic N) is 3. The second kappa shape index (κ2) is 6.69. The summed E-state index contributed by atoms with van der Waals surface area (Å²) < 4.78 is 0. The molecule has 126 valence electrons. The predicted octanol–water partition coefficient (Wildman–Crippen LogP) is 4.82. The molecule has 1 saturated carbocycles. The quantitative estimate of drug-likeness (QED) is 0.690. The van der Waals surface area contributed by atoms with Crippen LogP contribution in [0.15, 0.2) is 48.8 Å². The molecule has 0 atom stereocenters. The lowest BCUT2D eigenvalue weighted by atomic mass is 10.2. The van der Waals surface area contributed by atoms with Crippen LogP contribution in [0, 0.1) is 6.92 Å². The molecule has 2 N–H and O–H groups in total. The zero-order valence-corrected chi connectivity index (χ0v) is 14.6. The molecule has 6 heteroatoms. The van der Waals surface area contributed by atoms with Crippen LogP contribution in [0.3, 0.4) is 0 Å². The summed E-state index contributed by atoms with van der Waals surface area (Å²) in [5.74, 6) is 1.35. The van der Waals surface area contributed by atoms with E-state index in [0.717, 1.165) is 46.2 Å². The molecule has 0 radical (unpaired) electrons. The molecule has 2 aromatic heterocycles. The summed E-state index contributed by atoms with van der Waals surface area (Å²) in [6, 6.07) is 12.2. The number of rotatable bonds is 5. The van der Waals surface area contributed by atoms with Crippen molar-refractivity contribution in [3.8, 4) is 11.3 Å². The fourth-order valence-corrected chi connectivity index (χ4v) is 2.65. The first-order valence-corrected chi connectivity index (χ1v) is 8.64. The van der Waals surface area contributed by atoms with E-state index in [9.17, 15) is 0 Å². The summed E-state index contributed by atoms with van der Waals surface area (Å²) >= 11 is 6.22. The highest BCUT2D eigenvalue weighted by Crippen LogP contribution is 2.28. The zero-order chi connectivity index (χ0) is 17.2. The van der Waals surface area contributed by atoms with E-state index in [2.05, 4.69) is 25.6 Å². The third-order valence-corrected chi connectivity index (χ3v) is 4.45. The molecule has 0 amide bonds. The van der Waals surface area contributed by atoms with Gasteiger partial charge in [-0.15, -0.1) is 0 Å². The number of aryl methyl sites for hydroxylation is 1. The topological polar surface area (TPSA) is 62.7 Å². The lowest BCUT2D eigenvalue weighted by Gasteiger charge is -2.11. The number of hydrogen-bond acceptors (Lipinski definition) is 5. The molecule has 4 rings (SSSR count). The molecule has 0 saturated heterocycles. The van der Waals surface area contributed by atoms with Gasteiger partial charge in [-0.2, -0.15) is 4.98 Å². The highest BCUT2D eigenvalue weighted by atomic mass is 35.5. The van der Waals surface area contributed by atoms with Crippen molar-refractivity contribution in [1.29, 1.82) is 0 Å². The molecule has 25 heavy (non-hydrogen) atoms. The molecule has 3 aromatic rings. The standard InChI is InChI=1S/C19H18ClN5/c1-12-4-5-15(9-16(12)20)22-18-10-17(13-3-2-8-21-11-13)24-19(25-18)23-14-6-7-14/h2-5,8-11,14H,6-7H2,1H3,(H2,22,23,24,25). The Hall–Kier alpha value is -2.66. The maximum Gasteiger partial charge on any atom is 0.225 e. The molecule has 1 aliphatic rings. The highest BCUT2D eigenvalue weighted by molar-refractivity contribution is 6.31. The van der Waals surface area contributed by atoms with E-state index in [1.54, 1.807) is 12.4 Å². The number of hydrogen-bond donors (Lipinski definition) is 2. The Morgan fingerprint density at radius 2 is 2.00 bits per heavy atom. The van der Waals surface area contributed by atoms with Crippen LogP contribution in [0.1, 0.15) is 18.4 Å². The lowest BCUT2D eigenvalue weighted by molar-refractivity contribution is 1.06. The van der Waals surface area contributed by atoms with Gasteiger partial charge in [-0.05, 0) is 49.6 Å². The molecule has 0 spiro atoms. The average molecular weight is 352 g/mol. The fourth-order valence-electron chi connectivity index (χ4n) is 2.47. The Balaban J connectivity index is 1.68. The van der Waals surface area contributed by atoms with Gasteiger partial charge in [-0.3, -0.25) is 4.98 Å². The monoisotopic (exact) mass is 351 g/mol. The minimum Gasteiger partial charge on any atom is -0.351 e. The van der Waals surface area contributed by atoms with Gasteiger partial charge in [0.05, 0.1) is 5.69 Å². The van der Waals surface area contributed by atoms with Gasteiger partial charge in [0.2, 0.25) is 5.95 Å². The summed E-state index contributed by atoms with van der Waals surface area (Å²) in [6.07, 6.45) is 5.88. The molecule has 0 unspecified atom stereocenters. The zero-order valence-electron chi connectivity index (χ0n) is 13.8. The van der Waals surface area contributed by atoms with Gasteiger partial charge in [-0.1, -0.05) is 17.7 Å². The van der Waals surface area contributed by atoms with Crippen molar-refractivity contribution in [1.82, 2.24) is 15.0 Å². The highest BCUT2D eigenvalue weighted by Gasteiger charge is 2.22. The number of anilines is 3. The van der Waals surface area contributed by atoms with Crippen molar-refractivity contribution in [2.75, 3.05) is 10.6 Å². The Kier molecular flexibility index (Phi) is 4.24. The Bertz CT molecular complexity index is 894. The number of benzene rings is 1. The summed E-state index contributed by atoms with van der Waals surface area (Å²) in [6.45, 7) is 1.98. The molecule has 1 fully saturated rings. The first-order chi connectivity index (χ1) is 12.2. The van der Waals surface area contributed by atoms with Crippen LogP contribution >= 0.6 is 11.6 Å². The number of halogens is 1. The van der Waals surface area contributed by atoms with Crippen molar-refractivity contribution in [3.63, 3.8) is 0 Å². The Morgan fingerprint density at radius 1 is 1.12 bits per heavy atom. The minimum absolute atomic E-state index is 0.478. The molecule has 0 bridgehead atoms. The maximum atomic E-state index is 6.22. The Morgan fingerprint density at radius 3 is 2.72 bits per heavy atom. The van der Waals surface area contributed by atoms with Crippen LogP contribution in [0.2, 0.25) is 5.02 Å². The molecular formula is C19H18ClN5. The minimum atomic E-state index is 0.478. The van der Waals surface area contributed by atoms with E-state index < -0.39 is 0 Å². The fraction of sp³-hybridized carbons (Fsp3) is 0.211. The molecule has 2 heterocycles. The van der Waals surface area contributed by atoms with Crippen molar-refractivity contribution in [2.24, 2.45) is 0 Å². The van der Waals surface area contributed by atoms with Crippen LogP contribution in [0.4, 0.5) is 17.5 Å². The van der Waals surface area contributed by atoms with Gasteiger partial charge in [0.15, 0.2) is 0 Å². The van der Waals surface area contributed by atoms with Crippen LogP contribution in [-0.2, 0) is 0 Å². The SMILES string of the molecule is Cc1ccc(Nc2cc(-c3cccnc3)nc(NC3CC3)n2)cc1Cl. The van der Waals surface area contributed by atoms with Crippen LogP contribution in [0.5, 0.6) is 0 Å². The number of nitrogens with one attached hydrogen (secondary N) is 2. The van der Waals surface area contributed by atoms with E-state index in [-0.39, 0.29) is 0 Å². The van der Waals surface area contributed by atoms with Crippen LogP contribution < -0.4 is 10.6 Å². The normalized spacial score (nSPS) is 13.5. The van der Waals surface area contributed by atoms with E-state index in [1.807, 2.05) is 43.3 Å². The molecule has 1 aliphatic carbocycles. The Labute approximate surface area is 151 Å². The van der Waals surface area contributed by atoms with Gasteiger partial charge in [0.25, 0.3) is 0 Å². The van der Waals surface area contributed by atoms with E-state index in [1.165, 1.54) is 0 Å². The van der Waals surface area contributed by atoms with Crippen molar-refractivity contribution in [3.05, 3.63) is 59.4 Å². The van der Waals surface area contributed by atoms with E-state index in [0.29, 0.717) is 12.0 Å². The summed E-state index contributed by atoms with van der Waals surface area (Å²) in [7, 11) is 0. The number of pyridine rings is 1. The van der Waals surface area contributed by atoms with E-state index in [4.69, 9.17) is 11.6 Å². The largest absolute Gasteiger partial charge is 0.351 e. The van der Waals surface area contributed by atoms with Crippen molar-refractivity contribution >= 4 is 29.1 Å². The predicted molar refractivity (Wildman–Crippen MR) is 101 cm³/mol. The smallest absolute Gasteiger partial charge is 0.225 e. The summed E-state index contributed by atoms with van der Waals surface area (Å²) in [5.41, 5.74) is 3.71. The number of aromatic nitrogens is 3. The summed E-state index contributed by atoms with van der Waals surface area (Å²) in [4.78, 5) is 13.4. The lowest BCUT2D eigenvalue weighted by Crippen LogP contribution is -2.07. The third-order valence-electron chi connectivity index (χ3n) is 4.04.